The Kier molecular flexibility index (Phi) is 7.10. The summed E-state index contributed by atoms with van der Waals surface area (Å²) in [5, 5.41) is 3.43. The summed E-state index contributed by atoms with van der Waals surface area (Å²) in [4.78, 5) is 2.34. The van der Waals surface area contributed by atoms with Crippen LogP contribution in [0.15, 0.2) is 22.7 Å². The van der Waals surface area contributed by atoms with Crippen LogP contribution in [0.2, 0.25) is 0 Å². The van der Waals surface area contributed by atoms with E-state index in [1.54, 1.807) is 13.2 Å². The largest absolute Gasteiger partial charge is 0.383 e. The fourth-order valence-electron chi connectivity index (χ4n) is 2.73. The Hall–Kier alpha value is -0.490. The van der Waals surface area contributed by atoms with Crippen molar-refractivity contribution in [1.29, 1.82) is 0 Å². The van der Waals surface area contributed by atoms with E-state index in [4.69, 9.17) is 4.74 Å². The third-order valence-corrected chi connectivity index (χ3v) is 4.52. The molecule has 21 heavy (non-hydrogen) atoms. The van der Waals surface area contributed by atoms with E-state index in [1.807, 2.05) is 6.07 Å². The summed E-state index contributed by atoms with van der Waals surface area (Å²) in [6.07, 6.45) is 2.35. The average Bonchev–Trinajstić information content (AvgIpc) is 2.49. The van der Waals surface area contributed by atoms with Crippen LogP contribution in [-0.2, 0) is 11.3 Å². The van der Waals surface area contributed by atoms with Gasteiger partial charge in [-0.2, -0.15) is 0 Å². The molecule has 0 saturated carbocycles. The zero-order valence-electron chi connectivity index (χ0n) is 12.6. The molecule has 1 heterocycles. The molecule has 0 amide bonds. The van der Waals surface area contributed by atoms with Crippen molar-refractivity contribution in [3.05, 3.63) is 34.1 Å². The van der Waals surface area contributed by atoms with Gasteiger partial charge in [0.15, 0.2) is 0 Å². The van der Waals surface area contributed by atoms with Crippen molar-refractivity contribution in [1.82, 2.24) is 10.2 Å². The SMILES string of the molecule is COCCNCC1CCN(Cc2cc(Br)ccc2F)CC1. The molecule has 1 fully saturated rings. The highest BCUT2D eigenvalue weighted by Crippen LogP contribution is 2.21. The van der Waals surface area contributed by atoms with E-state index in [0.29, 0.717) is 6.54 Å². The van der Waals surface area contributed by atoms with E-state index in [-0.39, 0.29) is 5.82 Å². The van der Waals surface area contributed by atoms with Crippen LogP contribution in [0.1, 0.15) is 18.4 Å². The maximum Gasteiger partial charge on any atom is 0.127 e. The second kappa shape index (κ2) is 8.83. The van der Waals surface area contributed by atoms with Gasteiger partial charge in [0.1, 0.15) is 5.82 Å². The molecule has 0 aliphatic carbocycles. The Labute approximate surface area is 135 Å². The maximum atomic E-state index is 13.8. The number of piperidine rings is 1. The lowest BCUT2D eigenvalue weighted by Gasteiger charge is -2.32. The van der Waals surface area contributed by atoms with Crippen molar-refractivity contribution in [2.24, 2.45) is 5.92 Å². The van der Waals surface area contributed by atoms with Crippen molar-refractivity contribution in [2.45, 2.75) is 19.4 Å². The standard InChI is InChI=1S/C16H24BrFN2O/c1-21-9-6-19-11-13-4-7-20(8-5-13)12-14-10-15(17)2-3-16(14)18/h2-3,10,13,19H,4-9,11-12H2,1H3. The fraction of sp³-hybridized carbons (Fsp3) is 0.625. The molecule has 0 bridgehead atoms. The van der Waals surface area contributed by atoms with Gasteiger partial charge in [0.2, 0.25) is 0 Å². The van der Waals surface area contributed by atoms with Crippen LogP contribution in [0.25, 0.3) is 0 Å². The topological polar surface area (TPSA) is 24.5 Å². The van der Waals surface area contributed by atoms with Crippen LogP contribution in [0, 0.1) is 11.7 Å². The van der Waals surface area contributed by atoms with Crippen LogP contribution in [0.3, 0.4) is 0 Å². The van der Waals surface area contributed by atoms with Gasteiger partial charge in [0.05, 0.1) is 6.61 Å². The molecule has 0 spiro atoms. The summed E-state index contributed by atoms with van der Waals surface area (Å²) in [6.45, 7) is 5.53. The first-order valence-corrected chi connectivity index (χ1v) is 8.34. The van der Waals surface area contributed by atoms with Gasteiger partial charge in [-0.3, -0.25) is 4.90 Å². The summed E-state index contributed by atoms with van der Waals surface area (Å²) < 4.78 is 19.7. The lowest BCUT2D eigenvalue weighted by molar-refractivity contribution is 0.167. The molecular formula is C16H24BrFN2O. The van der Waals surface area contributed by atoms with Crippen molar-refractivity contribution >= 4 is 15.9 Å². The predicted molar refractivity (Wildman–Crippen MR) is 86.8 cm³/mol. The van der Waals surface area contributed by atoms with Gasteiger partial charge in [-0.05, 0) is 56.6 Å². The van der Waals surface area contributed by atoms with E-state index >= 15 is 0 Å². The van der Waals surface area contributed by atoms with E-state index in [1.165, 1.54) is 18.9 Å². The highest BCUT2D eigenvalue weighted by molar-refractivity contribution is 9.10. The first-order valence-electron chi connectivity index (χ1n) is 7.55. The molecule has 1 aromatic rings. The smallest absolute Gasteiger partial charge is 0.127 e. The molecular weight excluding hydrogens is 335 g/mol. The van der Waals surface area contributed by atoms with E-state index in [0.717, 1.165) is 48.7 Å². The molecule has 1 aliphatic rings. The predicted octanol–water partition coefficient (Wildman–Crippen LogP) is 3.04. The Balaban J connectivity index is 1.72. The Morgan fingerprint density at radius 3 is 2.86 bits per heavy atom. The van der Waals surface area contributed by atoms with Crippen LogP contribution in [0.5, 0.6) is 0 Å². The van der Waals surface area contributed by atoms with Gasteiger partial charge in [-0.1, -0.05) is 15.9 Å². The van der Waals surface area contributed by atoms with Gasteiger partial charge in [0.25, 0.3) is 0 Å². The van der Waals surface area contributed by atoms with Crippen molar-refractivity contribution in [3.63, 3.8) is 0 Å². The maximum absolute atomic E-state index is 13.8. The molecule has 1 N–H and O–H groups in total. The third kappa shape index (κ3) is 5.66. The molecule has 2 rings (SSSR count). The number of hydrogen-bond acceptors (Lipinski definition) is 3. The van der Waals surface area contributed by atoms with Gasteiger partial charge >= 0.3 is 0 Å². The molecule has 5 heteroatoms. The number of benzene rings is 1. The molecule has 3 nitrogen and oxygen atoms in total. The van der Waals surface area contributed by atoms with Gasteiger partial charge in [-0.15, -0.1) is 0 Å². The Morgan fingerprint density at radius 1 is 1.38 bits per heavy atom. The number of methoxy groups -OCH3 is 1. The van der Waals surface area contributed by atoms with Crippen molar-refractivity contribution < 1.29 is 9.13 Å². The van der Waals surface area contributed by atoms with Gasteiger partial charge in [-0.25, -0.2) is 4.39 Å². The minimum absolute atomic E-state index is 0.110. The molecule has 1 aromatic carbocycles. The Morgan fingerprint density at radius 2 is 2.14 bits per heavy atom. The number of halogens is 2. The lowest BCUT2D eigenvalue weighted by atomic mass is 9.96. The monoisotopic (exact) mass is 358 g/mol. The fourth-order valence-corrected chi connectivity index (χ4v) is 3.14. The van der Waals surface area contributed by atoms with Crippen LogP contribution >= 0.6 is 15.9 Å². The van der Waals surface area contributed by atoms with E-state index in [2.05, 4.69) is 26.1 Å². The van der Waals surface area contributed by atoms with E-state index < -0.39 is 0 Å². The molecule has 1 aliphatic heterocycles. The number of likely N-dealkylation sites (tertiary alicyclic amines) is 1. The minimum atomic E-state index is -0.110. The lowest BCUT2D eigenvalue weighted by Crippen LogP contribution is -2.37. The van der Waals surface area contributed by atoms with Crippen molar-refractivity contribution in [3.8, 4) is 0 Å². The molecule has 0 aromatic heterocycles. The quantitative estimate of drug-likeness (QED) is 0.758. The normalized spacial score (nSPS) is 17.3. The first kappa shape index (κ1) is 16.9. The number of rotatable bonds is 7. The molecule has 118 valence electrons. The first-order chi connectivity index (χ1) is 10.2. The number of ether oxygens (including phenoxy) is 1. The highest BCUT2D eigenvalue weighted by Gasteiger charge is 2.19. The molecule has 1 saturated heterocycles. The summed E-state index contributed by atoms with van der Waals surface area (Å²) in [6, 6.07) is 5.16. The number of nitrogens with zero attached hydrogens (tertiary/aromatic N) is 1. The second-order valence-electron chi connectivity index (χ2n) is 5.65. The summed E-state index contributed by atoms with van der Waals surface area (Å²) in [7, 11) is 1.72. The summed E-state index contributed by atoms with van der Waals surface area (Å²) in [5.41, 5.74) is 0.779. The van der Waals surface area contributed by atoms with Crippen LogP contribution < -0.4 is 5.32 Å². The van der Waals surface area contributed by atoms with Crippen LogP contribution in [0.4, 0.5) is 4.39 Å². The molecule has 0 unspecified atom stereocenters. The second-order valence-corrected chi connectivity index (χ2v) is 6.57. The number of nitrogens with one attached hydrogen (secondary N) is 1. The van der Waals surface area contributed by atoms with E-state index in [9.17, 15) is 4.39 Å². The number of hydrogen-bond donors (Lipinski definition) is 1. The zero-order valence-corrected chi connectivity index (χ0v) is 14.2. The molecule has 0 atom stereocenters. The van der Waals surface area contributed by atoms with Gasteiger partial charge < -0.3 is 10.1 Å². The van der Waals surface area contributed by atoms with Crippen molar-refractivity contribution in [2.75, 3.05) is 39.9 Å². The van der Waals surface area contributed by atoms with Gasteiger partial charge in [0, 0.05) is 30.2 Å². The average molecular weight is 359 g/mol. The zero-order chi connectivity index (χ0) is 15.1. The third-order valence-electron chi connectivity index (χ3n) is 4.02. The summed E-state index contributed by atoms with van der Waals surface area (Å²) in [5.74, 6) is 0.618. The summed E-state index contributed by atoms with van der Waals surface area (Å²) >= 11 is 3.41. The Bertz CT molecular complexity index is 436. The minimum Gasteiger partial charge on any atom is -0.383 e. The highest BCUT2D eigenvalue weighted by atomic mass is 79.9. The molecule has 0 radical (unpaired) electrons. The van der Waals surface area contributed by atoms with Crippen LogP contribution in [-0.4, -0.2) is 44.8 Å².